The first-order valence-electron chi connectivity index (χ1n) is 10.2. The molecule has 4 aromatic rings. The first kappa shape index (κ1) is 18.4. The van der Waals surface area contributed by atoms with E-state index in [0.717, 1.165) is 5.46 Å². The van der Waals surface area contributed by atoms with Gasteiger partial charge in [0.05, 0.1) is 11.2 Å². The van der Waals surface area contributed by atoms with Crippen LogP contribution in [0.2, 0.25) is 0 Å². The third-order valence-corrected chi connectivity index (χ3v) is 6.52. The Balaban J connectivity index is 1.87. The maximum atomic E-state index is 6.49. The first-order chi connectivity index (χ1) is 13.9. The molecule has 0 spiro atoms. The molecule has 1 saturated heterocycles. The average molecular weight is 380 g/mol. The number of rotatable bonds is 2. The van der Waals surface area contributed by atoms with Crippen LogP contribution in [0.25, 0.3) is 32.7 Å². The molecule has 0 amide bonds. The molecule has 0 atom stereocenters. The SMILES string of the molecule is CC1(C)OB(c2c3ccccc3c(-c3ccccc3)c3ccccc23)OC1(C)C. The van der Waals surface area contributed by atoms with Gasteiger partial charge in [0.2, 0.25) is 0 Å². The Hall–Kier alpha value is -2.62. The van der Waals surface area contributed by atoms with E-state index in [1.54, 1.807) is 0 Å². The highest BCUT2D eigenvalue weighted by Gasteiger charge is 2.52. The molecule has 3 heteroatoms. The van der Waals surface area contributed by atoms with Gasteiger partial charge in [0.25, 0.3) is 0 Å². The molecular formula is C26H25BO2. The van der Waals surface area contributed by atoms with Crippen LogP contribution in [0.5, 0.6) is 0 Å². The summed E-state index contributed by atoms with van der Waals surface area (Å²) < 4.78 is 13.0. The maximum Gasteiger partial charge on any atom is 0.496 e. The van der Waals surface area contributed by atoms with Crippen LogP contribution in [0.3, 0.4) is 0 Å². The molecule has 0 unspecified atom stereocenters. The Kier molecular flexibility index (Phi) is 4.09. The third-order valence-electron chi connectivity index (χ3n) is 6.52. The van der Waals surface area contributed by atoms with E-state index in [-0.39, 0.29) is 11.2 Å². The fourth-order valence-electron chi connectivity index (χ4n) is 4.29. The fourth-order valence-corrected chi connectivity index (χ4v) is 4.29. The lowest BCUT2D eigenvalue weighted by atomic mass is 9.71. The Bertz CT molecular complexity index is 1140. The summed E-state index contributed by atoms with van der Waals surface area (Å²) >= 11 is 0. The van der Waals surface area contributed by atoms with Gasteiger partial charge in [-0.3, -0.25) is 0 Å². The molecule has 4 aromatic carbocycles. The highest BCUT2D eigenvalue weighted by Crippen LogP contribution is 2.40. The van der Waals surface area contributed by atoms with Gasteiger partial charge in [0.1, 0.15) is 0 Å². The normalized spacial score (nSPS) is 17.9. The van der Waals surface area contributed by atoms with E-state index in [2.05, 4.69) is 107 Å². The van der Waals surface area contributed by atoms with Crippen LogP contribution >= 0.6 is 0 Å². The molecule has 2 nitrogen and oxygen atoms in total. The molecule has 0 N–H and O–H groups in total. The van der Waals surface area contributed by atoms with Gasteiger partial charge in [0.15, 0.2) is 0 Å². The molecule has 1 aliphatic rings. The maximum absolute atomic E-state index is 6.49. The summed E-state index contributed by atoms with van der Waals surface area (Å²) in [5.41, 5.74) is 2.85. The highest BCUT2D eigenvalue weighted by atomic mass is 16.7. The summed E-state index contributed by atoms with van der Waals surface area (Å²) in [6, 6.07) is 27.8. The van der Waals surface area contributed by atoms with Crippen LogP contribution in [0.4, 0.5) is 0 Å². The van der Waals surface area contributed by atoms with E-state index >= 15 is 0 Å². The molecular weight excluding hydrogens is 355 g/mol. The summed E-state index contributed by atoms with van der Waals surface area (Å²) in [5.74, 6) is 0. The quantitative estimate of drug-likeness (QED) is 0.316. The molecule has 144 valence electrons. The smallest absolute Gasteiger partial charge is 0.399 e. The van der Waals surface area contributed by atoms with Crippen LogP contribution in [0.1, 0.15) is 27.7 Å². The van der Waals surface area contributed by atoms with Gasteiger partial charge in [-0.2, -0.15) is 0 Å². The second kappa shape index (κ2) is 6.45. The second-order valence-electron chi connectivity index (χ2n) is 8.83. The highest BCUT2D eigenvalue weighted by molar-refractivity contribution is 6.68. The molecule has 0 aliphatic carbocycles. The van der Waals surface area contributed by atoms with Gasteiger partial charge in [-0.1, -0.05) is 78.9 Å². The van der Waals surface area contributed by atoms with Gasteiger partial charge < -0.3 is 9.31 Å². The zero-order valence-corrected chi connectivity index (χ0v) is 17.4. The zero-order valence-electron chi connectivity index (χ0n) is 17.4. The number of benzene rings is 4. The molecule has 0 aromatic heterocycles. The fraction of sp³-hybridized carbons (Fsp3) is 0.231. The van der Waals surface area contributed by atoms with Crippen LogP contribution in [-0.4, -0.2) is 18.3 Å². The minimum atomic E-state index is -0.403. The minimum absolute atomic E-state index is 0.377. The van der Waals surface area contributed by atoms with Crippen molar-refractivity contribution < 1.29 is 9.31 Å². The van der Waals surface area contributed by atoms with E-state index in [4.69, 9.17) is 9.31 Å². The van der Waals surface area contributed by atoms with Crippen LogP contribution in [0.15, 0.2) is 78.9 Å². The summed E-state index contributed by atoms with van der Waals surface area (Å²) in [5, 5.41) is 4.82. The Morgan fingerprint density at radius 3 is 1.45 bits per heavy atom. The topological polar surface area (TPSA) is 18.5 Å². The van der Waals surface area contributed by atoms with Gasteiger partial charge in [-0.25, -0.2) is 0 Å². The predicted octanol–water partition coefficient (Wildman–Crippen LogP) is 5.96. The predicted molar refractivity (Wildman–Crippen MR) is 123 cm³/mol. The molecule has 5 rings (SSSR count). The zero-order chi connectivity index (χ0) is 20.2. The van der Waals surface area contributed by atoms with Gasteiger partial charge in [-0.05, 0) is 65.8 Å². The van der Waals surface area contributed by atoms with Crippen molar-refractivity contribution in [3.63, 3.8) is 0 Å². The van der Waals surface area contributed by atoms with Gasteiger partial charge >= 0.3 is 7.12 Å². The van der Waals surface area contributed by atoms with Gasteiger partial charge in [-0.15, -0.1) is 0 Å². The number of hydrogen-bond acceptors (Lipinski definition) is 2. The molecule has 0 bridgehead atoms. The largest absolute Gasteiger partial charge is 0.496 e. The summed E-state index contributed by atoms with van der Waals surface area (Å²) in [6.45, 7) is 8.43. The van der Waals surface area contributed by atoms with Crippen LogP contribution in [-0.2, 0) is 9.31 Å². The van der Waals surface area contributed by atoms with Crippen molar-refractivity contribution in [2.24, 2.45) is 0 Å². The molecule has 0 radical (unpaired) electrons. The standard InChI is InChI=1S/C26H25BO2/c1-25(2)26(3,4)29-27(28-25)24-21-16-10-8-14-19(21)23(18-12-6-5-7-13-18)20-15-9-11-17-22(20)24/h5-17H,1-4H3. The monoisotopic (exact) mass is 380 g/mol. The van der Waals surface area contributed by atoms with E-state index in [0.29, 0.717) is 0 Å². The summed E-state index contributed by atoms with van der Waals surface area (Å²) in [6.07, 6.45) is 0. The molecule has 29 heavy (non-hydrogen) atoms. The number of hydrogen-bond donors (Lipinski definition) is 0. The van der Waals surface area contributed by atoms with Crippen molar-refractivity contribution in [3.8, 4) is 11.1 Å². The molecule has 0 saturated carbocycles. The Morgan fingerprint density at radius 1 is 0.552 bits per heavy atom. The van der Waals surface area contributed by atoms with Crippen LogP contribution < -0.4 is 5.46 Å². The van der Waals surface area contributed by atoms with Crippen molar-refractivity contribution >= 4 is 34.1 Å². The molecule has 1 fully saturated rings. The van der Waals surface area contributed by atoms with Crippen LogP contribution in [0, 0.1) is 0 Å². The van der Waals surface area contributed by atoms with E-state index in [1.165, 1.54) is 32.7 Å². The van der Waals surface area contributed by atoms with E-state index in [9.17, 15) is 0 Å². The molecule has 1 heterocycles. The van der Waals surface area contributed by atoms with Crippen molar-refractivity contribution in [2.75, 3.05) is 0 Å². The van der Waals surface area contributed by atoms with Crippen molar-refractivity contribution in [1.82, 2.24) is 0 Å². The average Bonchev–Trinajstić information content (AvgIpc) is 2.93. The first-order valence-corrected chi connectivity index (χ1v) is 10.2. The van der Waals surface area contributed by atoms with Crippen molar-refractivity contribution in [1.29, 1.82) is 0 Å². The lowest BCUT2D eigenvalue weighted by molar-refractivity contribution is 0.00578. The second-order valence-corrected chi connectivity index (χ2v) is 8.83. The Morgan fingerprint density at radius 2 is 0.966 bits per heavy atom. The lowest BCUT2D eigenvalue weighted by Crippen LogP contribution is -2.41. The number of fused-ring (bicyclic) bond motifs is 2. The molecule has 1 aliphatic heterocycles. The van der Waals surface area contributed by atoms with Crippen molar-refractivity contribution in [2.45, 2.75) is 38.9 Å². The van der Waals surface area contributed by atoms with Gasteiger partial charge in [0, 0.05) is 0 Å². The summed E-state index contributed by atoms with van der Waals surface area (Å²) in [4.78, 5) is 0. The van der Waals surface area contributed by atoms with E-state index < -0.39 is 7.12 Å². The summed E-state index contributed by atoms with van der Waals surface area (Å²) in [7, 11) is -0.403. The minimum Gasteiger partial charge on any atom is -0.399 e. The van der Waals surface area contributed by atoms with Crippen molar-refractivity contribution in [3.05, 3.63) is 78.9 Å². The Labute approximate surface area is 172 Å². The van der Waals surface area contributed by atoms with E-state index in [1.807, 2.05) is 0 Å². The third kappa shape index (κ3) is 2.80. The lowest BCUT2D eigenvalue weighted by Gasteiger charge is -2.32.